The molecule has 0 amide bonds. The minimum Gasteiger partial charge on any atom is -0.493 e. The molecule has 0 heterocycles. The minimum atomic E-state index is -0.337. The fourth-order valence-electron chi connectivity index (χ4n) is 1.13. The second kappa shape index (κ2) is 5.27. The first-order valence-corrected chi connectivity index (χ1v) is 4.68. The third kappa shape index (κ3) is 2.49. The van der Waals surface area contributed by atoms with Crippen molar-refractivity contribution in [3.63, 3.8) is 0 Å². The van der Waals surface area contributed by atoms with Crippen LogP contribution in [0.4, 0.5) is 0 Å². The molecular formula is C11H14O3. The Morgan fingerprint density at radius 2 is 1.93 bits per heavy atom. The van der Waals surface area contributed by atoms with Gasteiger partial charge in [0.15, 0.2) is 0 Å². The summed E-state index contributed by atoms with van der Waals surface area (Å²) in [5.41, 5.74) is 0.483. The molecule has 0 aromatic heterocycles. The number of ether oxygens (including phenoxy) is 2. The molecule has 1 aromatic carbocycles. The Bertz CT molecular complexity index is 307. The summed E-state index contributed by atoms with van der Waals surface area (Å²) in [4.78, 5) is 11.4. The van der Waals surface area contributed by atoms with Crippen LogP contribution in [-0.2, 0) is 4.74 Å². The van der Waals surface area contributed by atoms with Crippen molar-refractivity contribution >= 4 is 5.97 Å². The summed E-state index contributed by atoms with van der Waals surface area (Å²) in [5.74, 6) is 0.241. The highest BCUT2D eigenvalue weighted by molar-refractivity contribution is 5.92. The van der Waals surface area contributed by atoms with Gasteiger partial charge >= 0.3 is 5.97 Å². The molecule has 0 aliphatic carbocycles. The van der Waals surface area contributed by atoms with Gasteiger partial charge in [-0.25, -0.2) is 4.79 Å². The van der Waals surface area contributed by atoms with E-state index >= 15 is 0 Å². The Morgan fingerprint density at radius 1 is 1.21 bits per heavy atom. The molecule has 0 aliphatic heterocycles. The van der Waals surface area contributed by atoms with Gasteiger partial charge in [-0.2, -0.15) is 0 Å². The molecule has 0 saturated carbocycles. The lowest BCUT2D eigenvalue weighted by Gasteiger charge is -2.08. The summed E-state index contributed by atoms with van der Waals surface area (Å²) in [7, 11) is 0. The zero-order chi connectivity index (χ0) is 10.4. The Morgan fingerprint density at radius 3 is 2.57 bits per heavy atom. The number of hydrogen-bond acceptors (Lipinski definition) is 3. The van der Waals surface area contributed by atoms with Crippen LogP contribution in [0.5, 0.6) is 5.75 Å². The number of hydrogen-bond donors (Lipinski definition) is 0. The predicted octanol–water partition coefficient (Wildman–Crippen LogP) is 2.26. The molecule has 0 atom stereocenters. The van der Waals surface area contributed by atoms with Gasteiger partial charge in [-0.05, 0) is 26.0 Å². The third-order valence-corrected chi connectivity index (χ3v) is 1.68. The van der Waals surface area contributed by atoms with E-state index in [0.717, 1.165) is 0 Å². The molecule has 14 heavy (non-hydrogen) atoms. The molecule has 0 spiro atoms. The normalized spacial score (nSPS) is 9.57. The molecule has 0 N–H and O–H groups in total. The van der Waals surface area contributed by atoms with Crippen molar-refractivity contribution in [3.8, 4) is 5.75 Å². The summed E-state index contributed by atoms with van der Waals surface area (Å²) >= 11 is 0. The summed E-state index contributed by atoms with van der Waals surface area (Å²) in [6.07, 6.45) is 0. The van der Waals surface area contributed by atoms with E-state index in [1.165, 1.54) is 0 Å². The molecule has 1 aromatic rings. The monoisotopic (exact) mass is 194 g/mol. The smallest absolute Gasteiger partial charge is 0.341 e. The SMILES string of the molecule is CCOC(=O)c1ccccc1OCC. The highest BCUT2D eigenvalue weighted by Crippen LogP contribution is 2.18. The van der Waals surface area contributed by atoms with Crippen molar-refractivity contribution < 1.29 is 14.3 Å². The standard InChI is InChI=1S/C11H14O3/c1-3-13-10-8-6-5-7-9(10)11(12)14-4-2/h5-8H,3-4H2,1-2H3. The lowest BCUT2D eigenvalue weighted by atomic mass is 10.2. The third-order valence-electron chi connectivity index (χ3n) is 1.68. The Hall–Kier alpha value is -1.51. The van der Waals surface area contributed by atoms with Crippen molar-refractivity contribution in [2.24, 2.45) is 0 Å². The lowest BCUT2D eigenvalue weighted by molar-refractivity contribution is 0.0522. The maximum atomic E-state index is 11.4. The van der Waals surface area contributed by atoms with Gasteiger partial charge in [-0.3, -0.25) is 0 Å². The van der Waals surface area contributed by atoms with Crippen molar-refractivity contribution in [3.05, 3.63) is 29.8 Å². The van der Waals surface area contributed by atoms with Gasteiger partial charge in [0.1, 0.15) is 11.3 Å². The van der Waals surface area contributed by atoms with E-state index < -0.39 is 0 Å². The van der Waals surface area contributed by atoms with E-state index in [0.29, 0.717) is 24.5 Å². The van der Waals surface area contributed by atoms with Crippen LogP contribution in [0.3, 0.4) is 0 Å². The zero-order valence-corrected chi connectivity index (χ0v) is 8.45. The second-order valence-electron chi connectivity index (χ2n) is 2.65. The average molecular weight is 194 g/mol. The molecule has 0 bridgehead atoms. The van der Waals surface area contributed by atoms with E-state index in [-0.39, 0.29) is 5.97 Å². The highest BCUT2D eigenvalue weighted by Gasteiger charge is 2.11. The number of carbonyl (C=O) groups is 1. The first kappa shape index (κ1) is 10.6. The van der Waals surface area contributed by atoms with Crippen LogP contribution in [0.25, 0.3) is 0 Å². The first-order valence-electron chi connectivity index (χ1n) is 4.68. The first-order chi connectivity index (χ1) is 6.79. The van der Waals surface area contributed by atoms with Gasteiger partial charge < -0.3 is 9.47 Å². The number of para-hydroxylation sites is 1. The van der Waals surface area contributed by atoms with E-state index in [2.05, 4.69) is 0 Å². The number of carbonyl (C=O) groups excluding carboxylic acids is 1. The molecular weight excluding hydrogens is 180 g/mol. The molecule has 0 unspecified atom stereocenters. The number of esters is 1. The maximum Gasteiger partial charge on any atom is 0.341 e. The molecule has 3 nitrogen and oxygen atoms in total. The van der Waals surface area contributed by atoms with Gasteiger partial charge in [0.25, 0.3) is 0 Å². The van der Waals surface area contributed by atoms with Gasteiger partial charge in [-0.1, -0.05) is 12.1 Å². The maximum absolute atomic E-state index is 11.4. The summed E-state index contributed by atoms with van der Waals surface area (Å²) in [5, 5.41) is 0. The van der Waals surface area contributed by atoms with E-state index in [9.17, 15) is 4.79 Å². The van der Waals surface area contributed by atoms with Crippen molar-refractivity contribution in [2.45, 2.75) is 13.8 Å². The van der Waals surface area contributed by atoms with Crippen LogP contribution in [0.15, 0.2) is 24.3 Å². The van der Waals surface area contributed by atoms with Gasteiger partial charge in [-0.15, -0.1) is 0 Å². The fraction of sp³-hybridized carbons (Fsp3) is 0.364. The van der Waals surface area contributed by atoms with E-state index in [1.807, 2.05) is 13.0 Å². The Kier molecular flexibility index (Phi) is 3.98. The average Bonchev–Trinajstić information content (AvgIpc) is 2.19. The van der Waals surface area contributed by atoms with Gasteiger partial charge in [0, 0.05) is 0 Å². The van der Waals surface area contributed by atoms with Crippen LogP contribution in [0.1, 0.15) is 24.2 Å². The lowest BCUT2D eigenvalue weighted by Crippen LogP contribution is -2.07. The van der Waals surface area contributed by atoms with Crippen LogP contribution in [-0.4, -0.2) is 19.2 Å². The second-order valence-corrected chi connectivity index (χ2v) is 2.65. The van der Waals surface area contributed by atoms with Crippen molar-refractivity contribution in [1.29, 1.82) is 0 Å². The minimum absolute atomic E-state index is 0.337. The Labute approximate surface area is 83.6 Å². The van der Waals surface area contributed by atoms with Crippen LogP contribution >= 0.6 is 0 Å². The topological polar surface area (TPSA) is 35.5 Å². The largest absolute Gasteiger partial charge is 0.493 e. The van der Waals surface area contributed by atoms with Crippen LogP contribution < -0.4 is 4.74 Å². The number of rotatable bonds is 4. The number of benzene rings is 1. The molecule has 3 heteroatoms. The summed E-state index contributed by atoms with van der Waals surface area (Å²) < 4.78 is 10.2. The fourth-order valence-corrected chi connectivity index (χ4v) is 1.13. The summed E-state index contributed by atoms with van der Waals surface area (Å²) in [6, 6.07) is 7.07. The quantitative estimate of drug-likeness (QED) is 0.690. The van der Waals surface area contributed by atoms with Crippen LogP contribution in [0, 0.1) is 0 Å². The predicted molar refractivity (Wildman–Crippen MR) is 53.6 cm³/mol. The molecule has 0 fully saturated rings. The highest BCUT2D eigenvalue weighted by atomic mass is 16.5. The molecule has 0 radical (unpaired) electrons. The van der Waals surface area contributed by atoms with E-state index in [4.69, 9.17) is 9.47 Å². The van der Waals surface area contributed by atoms with Gasteiger partial charge in [0.2, 0.25) is 0 Å². The Balaban J connectivity index is 2.88. The summed E-state index contributed by atoms with van der Waals surface area (Å²) in [6.45, 7) is 4.57. The molecule has 0 saturated heterocycles. The molecule has 76 valence electrons. The van der Waals surface area contributed by atoms with Gasteiger partial charge in [0.05, 0.1) is 13.2 Å². The van der Waals surface area contributed by atoms with Crippen LogP contribution in [0.2, 0.25) is 0 Å². The zero-order valence-electron chi connectivity index (χ0n) is 8.45. The van der Waals surface area contributed by atoms with E-state index in [1.54, 1.807) is 25.1 Å². The van der Waals surface area contributed by atoms with Crippen molar-refractivity contribution in [2.75, 3.05) is 13.2 Å². The van der Waals surface area contributed by atoms with Crippen molar-refractivity contribution in [1.82, 2.24) is 0 Å². The molecule has 0 aliphatic rings. The molecule has 1 rings (SSSR count).